The molecule has 0 bridgehead atoms. The van der Waals surface area contributed by atoms with Gasteiger partial charge in [-0.2, -0.15) is 5.10 Å². The first-order valence-corrected chi connectivity index (χ1v) is 10.0. The molecule has 0 fully saturated rings. The lowest BCUT2D eigenvalue weighted by molar-refractivity contribution is -0.116. The molecule has 2 aromatic carbocycles. The van der Waals surface area contributed by atoms with Crippen molar-refractivity contribution < 1.29 is 23.2 Å². The minimum absolute atomic E-state index is 0.0395. The summed E-state index contributed by atoms with van der Waals surface area (Å²) in [4.78, 5) is 38.6. The predicted octanol–water partition coefficient (Wildman–Crippen LogP) is 4.06. The van der Waals surface area contributed by atoms with E-state index < -0.39 is 35.9 Å². The van der Waals surface area contributed by atoms with Gasteiger partial charge in [0.15, 0.2) is 0 Å². The van der Waals surface area contributed by atoms with Crippen LogP contribution < -0.4 is 5.32 Å². The molecule has 0 aliphatic carbocycles. The molecule has 1 aliphatic rings. The van der Waals surface area contributed by atoms with Crippen molar-refractivity contribution in [2.24, 2.45) is 0 Å². The topological polar surface area (TPSA) is 84.3 Å². The molecule has 0 saturated carbocycles. The molecule has 4 rings (SSSR count). The molecule has 0 saturated heterocycles. The van der Waals surface area contributed by atoms with Gasteiger partial charge in [0.2, 0.25) is 5.91 Å². The number of hydrogen-bond donors (Lipinski definition) is 1. The summed E-state index contributed by atoms with van der Waals surface area (Å²) in [7, 11) is 0. The summed E-state index contributed by atoms with van der Waals surface area (Å²) in [6, 6.07) is 5.60. The monoisotopic (exact) mass is 478 g/mol. The molecule has 3 aromatic rings. The Morgan fingerprint density at radius 1 is 1.06 bits per heavy atom. The second-order valence-corrected chi connectivity index (χ2v) is 7.94. The number of nitrogens with zero attached hydrogens (tertiary/aromatic N) is 3. The molecular formula is C21H14Cl2F2N4O3. The number of rotatable bonds is 5. The van der Waals surface area contributed by atoms with Gasteiger partial charge in [-0.3, -0.25) is 19.3 Å². The Hall–Kier alpha value is -3.30. The maximum atomic E-state index is 14.0. The molecule has 0 atom stereocenters. The molecule has 0 unspecified atom stereocenters. The molecule has 0 spiro atoms. The van der Waals surface area contributed by atoms with E-state index in [4.69, 9.17) is 23.2 Å². The largest absolute Gasteiger partial charge is 0.309 e. The van der Waals surface area contributed by atoms with Gasteiger partial charge in [0.05, 0.1) is 33.9 Å². The Bertz CT molecular complexity index is 1250. The fourth-order valence-corrected chi connectivity index (χ4v) is 3.66. The van der Waals surface area contributed by atoms with Crippen LogP contribution in [0.25, 0.3) is 0 Å². The van der Waals surface area contributed by atoms with Crippen molar-refractivity contribution in [3.8, 4) is 0 Å². The second-order valence-electron chi connectivity index (χ2n) is 7.13. The van der Waals surface area contributed by atoms with Gasteiger partial charge in [0.1, 0.15) is 24.0 Å². The average molecular weight is 479 g/mol. The van der Waals surface area contributed by atoms with E-state index in [1.165, 1.54) is 23.0 Å². The van der Waals surface area contributed by atoms with Gasteiger partial charge in [-0.15, -0.1) is 0 Å². The van der Waals surface area contributed by atoms with Crippen LogP contribution in [0.15, 0.2) is 36.5 Å². The fraction of sp³-hybridized carbons (Fsp3) is 0.143. The summed E-state index contributed by atoms with van der Waals surface area (Å²) in [6.45, 7) is 0.949. The van der Waals surface area contributed by atoms with Crippen molar-refractivity contribution in [1.29, 1.82) is 0 Å². The van der Waals surface area contributed by atoms with Crippen LogP contribution in [0.5, 0.6) is 0 Å². The Balaban J connectivity index is 1.52. The summed E-state index contributed by atoms with van der Waals surface area (Å²) in [5.74, 6) is -3.04. The standard InChI is InChI=1S/C21H14Cl2F2N4O3/c1-10-7-26-29(8-11-4-12(24)2-3-17(11)25)19(10)27-18(30)9-28-20(31)13-5-15(22)16(23)6-14(13)21(28)32/h2-7H,8-9H2,1H3,(H,27,30). The van der Waals surface area contributed by atoms with Crippen LogP contribution >= 0.6 is 23.2 Å². The van der Waals surface area contributed by atoms with Gasteiger partial charge < -0.3 is 5.32 Å². The van der Waals surface area contributed by atoms with Crippen LogP contribution in [0.2, 0.25) is 10.0 Å². The number of anilines is 1. The van der Waals surface area contributed by atoms with E-state index >= 15 is 0 Å². The van der Waals surface area contributed by atoms with Crippen molar-refractivity contribution in [3.05, 3.63) is 80.5 Å². The number of halogens is 4. The third-order valence-corrected chi connectivity index (χ3v) is 5.64. The van der Waals surface area contributed by atoms with E-state index in [0.717, 1.165) is 23.1 Å². The maximum absolute atomic E-state index is 14.0. The quantitative estimate of drug-likeness (QED) is 0.560. The summed E-state index contributed by atoms with van der Waals surface area (Å²) in [5.41, 5.74) is 0.703. The molecule has 3 amide bonds. The fourth-order valence-electron chi connectivity index (χ4n) is 3.33. The van der Waals surface area contributed by atoms with Crippen molar-refractivity contribution in [3.63, 3.8) is 0 Å². The Kier molecular flexibility index (Phi) is 5.70. The molecule has 0 radical (unpaired) electrons. The molecule has 11 heteroatoms. The van der Waals surface area contributed by atoms with Crippen molar-refractivity contribution in [2.45, 2.75) is 13.5 Å². The lowest BCUT2D eigenvalue weighted by Gasteiger charge is -2.15. The van der Waals surface area contributed by atoms with Gasteiger partial charge >= 0.3 is 0 Å². The number of nitrogens with one attached hydrogen (secondary N) is 1. The first kappa shape index (κ1) is 21.9. The van der Waals surface area contributed by atoms with Crippen molar-refractivity contribution >= 4 is 46.7 Å². The SMILES string of the molecule is Cc1cnn(Cc2cc(F)ccc2F)c1NC(=O)CN1C(=O)c2cc(Cl)c(Cl)cc2C1=O. The van der Waals surface area contributed by atoms with Crippen LogP contribution in [0.1, 0.15) is 31.8 Å². The Labute approximate surface area is 190 Å². The van der Waals surface area contributed by atoms with E-state index in [2.05, 4.69) is 10.4 Å². The number of aryl methyl sites for hydroxylation is 1. The molecule has 2 heterocycles. The van der Waals surface area contributed by atoms with Gasteiger partial charge in [0.25, 0.3) is 11.8 Å². The number of amides is 3. The van der Waals surface area contributed by atoms with Crippen LogP contribution in [-0.2, 0) is 11.3 Å². The zero-order valence-electron chi connectivity index (χ0n) is 16.5. The molecule has 164 valence electrons. The summed E-state index contributed by atoms with van der Waals surface area (Å²) in [5, 5.41) is 6.89. The highest BCUT2D eigenvalue weighted by atomic mass is 35.5. The van der Waals surface area contributed by atoms with Crippen molar-refractivity contribution in [2.75, 3.05) is 11.9 Å². The second kappa shape index (κ2) is 8.33. The Morgan fingerprint density at radius 3 is 2.31 bits per heavy atom. The molecule has 1 aliphatic heterocycles. The summed E-state index contributed by atoms with van der Waals surface area (Å²) in [6.07, 6.45) is 1.44. The van der Waals surface area contributed by atoms with Gasteiger partial charge in [-0.1, -0.05) is 23.2 Å². The minimum Gasteiger partial charge on any atom is -0.309 e. The van der Waals surface area contributed by atoms with Crippen molar-refractivity contribution in [1.82, 2.24) is 14.7 Å². The smallest absolute Gasteiger partial charge is 0.262 e. The number of benzene rings is 2. The number of fused-ring (bicyclic) bond motifs is 1. The number of imide groups is 1. The highest BCUT2D eigenvalue weighted by Crippen LogP contribution is 2.31. The molecule has 1 aromatic heterocycles. The third-order valence-electron chi connectivity index (χ3n) is 4.92. The lowest BCUT2D eigenvalue weighted by atomic mass is 10.1. The first-order valence-electron chi connectivity index (χ1n) is 9.27. The maximum Gasteiger partial charge on any atom is 0.262 e. The normalized spacial score (nSPS) is 13.0. The number of carbonyl (C=O) groups is 3. The minimum atomic E-state index is -0.679. The van der Waals surface area contributed by atoms with Gasteiger partial charge in [-0.25, -0.2) is 13.5 Å². The summed E-state index contributed by atoms with van der Waals surface area (Å²) < 4.78 is 28.8. The highest BCUT2D eigenvalue weighted by molar-refractivity contribution is 6.43. The summed E-state index contributed by atoms with van der Waals surface area (Å²) >= 11 is 11.8. The highest BCUT2D eigenvalue weighted by Gasteiger charge is 2.37. The Morgan fingerprint density at radius 2 is 1.69 bits per heavy atom. The zero-order valence-corrected chi connectivity index (χ0v) is 18.0. The van der Waals surface area contributed by atoms with Crippen LogP contribution in [0.3, 0.4) is 0 Å². The lowest BCUT2D eigenvalue weighted by Crippen LogP contribution is -2.37. The number of aromatic nitrogens is 2. The van der Waals surface area contributed by atoms with E-state index in [1.807, 2.05) is 0 Å². The zero-order chi connectivity index (χ0) is 23.2. The van der Waals surface area contributed by atoms with E-state index in [-0.39, 0.29) is 39.1 Å². The molecule has 7 nitrogen and oxygen atoms in total. The van der Waals surface area contributed by atoms with Crippen LogP contribution in [0, 0.1) is 18.6 Å². The molecule has 32 heavy (non-hydrogen) atoms. The molecule has 1 N–H and O–H groups in total. The van der Waals surface area contributed by atoms with Crippen LogP contribution in [0.4, 0.5) is 14.6 Å². The average Bonchev–Trinajstić information content (AvgIpc) is 3.18. The third kappa shape index (κ3) is 3.96. The molecular weight excluding hydrogens is 465 g/mol. The van der Waals surface area contributed by atoms with Gasteiger partial charge in [-0.05, 0) is 37.3 Å². The predicted molar refractivity (Wildman–Crippen MR) is 113 cm³/mol. The van der Waals surface area contributed by atoms with Gasteiger partial charge in [0, 0.05) is 11.1 Å². The number of carbonyl (C=O) groups excluding carboxylic acids is 3. The van der Waals surface area contributed by atoms with E-state index in [1.54, 1.807) is 6.92 Å². The van der Waals surface area contributed by atoms with Crippen LogP contribution in [-0.4, -0.2) is 38.9 Å². The number of hydrogen-bond acceptors (Lipinski definition) is 4. The first-order chi connectivity index (χ1) is 15.2. The van der Waals surface area contributed by atoms with E-state index in [9.17, 15) is 23.2 Å². The van der Waals surface area contributed by atoms with E-state index in [0.29, 0.717) is 5.56 Å².